The zero-order valence-electron chi connectivity index (χ0n) is 20.4. The number of nitrogens with zero attached hydrogens (tertiary/aromatic N) is 4. The highest BCUT2D eigenvalue weighted by Gasteiger charge is 2.37. The monoisotopic (exact) mass is 495 g/mol. The van der Waals surface area contributed by atoms with Gasteiger partial charge in [-0.3, -0.25) is 4.79 Å². The molecule has 10 nitrogen and oxygen atoms in total. The van der Waals surface area contributed by atoms with E-state index in [9.17, 15) is 18.0 Å². The van der Waals surface area contributed by atoms with Crippen LogP contribution in [-0.2, 0) is 26.3 Å². The summed E-state index contributed by atoms with van der Waals surface area (Å²) in [6.07, 6.45) is 0.0615. The number of alkyl carbamates (subject to hydrolysis) is 1. The van der Waals surface area contributed by atoms with Crippen molar-refractivity contribution in [2.75, 3.05) is 59.4 Å². The zero-order chi connectivity index (χ0) is 24.7. The highest BCUT2D eigenvalue weighted by atomic mass is 32.2. The Kier molecular flexibility index (Phi) is 9.29. The Labute approximate surface area is 203 Å². The number of hydrogen-bond acceptors (Lipinski definition) is 6. The lowest BCUT2D eigenvalue weighted by atomic mass is 9.97. The highest BCUT2D eigenvalue weighted by molar-refractivity contribution is 7.86. The number of hydrogen-bond donors (Lipinski definition) is 1. The fourth-order valence-corrected chi connectivity index (χ4v) is 5.67. The molecule has 2 fully saturated rings. The lowest BCUT2D eigenvalue weighted by molar-refractivity contribution is -0.135. The lowest BCUT2D eigenvalue weighted by Gasteiger charge is -2.40. The molecule has 2 aliphatic rings. The van der Waals surface area contributed by atoms with Crippen molar-refractivity contribution in [2.45, 2.75) is 32.9 Å². The summed E-state index contributed by atoms with van der Waals surface area (Å²) < 4.78 is 34.3. The van der Waals surface area contributed by atoms with E-state index in [2.05, 4.69) is 10.2 Å². The van der Waals surface area contributed by atoms with Crippen LogP contribution in [0.25, 0.3) is 0 Å². The van der Waals surface area contributed by atoms with Crippen molar-refractivity contribution in [3.63, 3.8) is 0 Å². The third-order valence-corrected chi connectivity index (χ3v) is 8.67. The van der Waals surface area contributed by atoms with Crippen molar-refractivity contribution in [3.05, 3.63) is 35.9 Å². The minimum Gasteiger partial charge on any atom is -0.445 e. The van der Waals surface area contributed by atoms with Gasteiger partial charge in [0.1, 0.15) is 12.6 Å². The molecule has 190 valence electrons. The van der Waals surface area contributed by atoms with Crippen LogP contribution in [0.15, 0.2) is 30.3 Å². The molecule has 1 aromatic rings. The molecule has 1 N–H and O–H groups in total. The smallest absolute Gasteiger partial charge is 0.408 e. The molecule has 34 heavy (non-hydrogen) atoms. The fourth-order valence-electron chi connectivity index (χ4n) is 4.09. The summed E-state index contributed by atoms with van der Waals surface area (Å²) in [4.78, 5) is 29.4. The number of amides is 2. The van der Waals surface area contributed by atoms with E-state index in [1.54, 1.807) is 4.90 Å². The second-order valence-electron chi connectivity index (χ2n) is 9.00. The maximum Gasteiger partial charge on any atom is 0.408 e. The van der Waals surface area contributed by atoms with Gasteiger partial charge in [0.2, 0.25) is 5.91 Å². The average molecular weight is 496 g/mol. The van der Waals surface area contributed by atoms with Gasteiger partial charge in [-0.05, 0) is 18.5 Å². The Hall–Kier alpha value is -2.21. The van der Waals surface area contributed by atoms with Crippen molar-refractivity contribution in [1.29, 1.82) is 0 Å². The van der Waals surface area contributed by atoms with Crippen LogP contribution in [0, 0.1) is 5.92 Å². The van der Waals surface area contributed by atoms with Gasteiger partial charge in [-0.2, -0.15) is 17.0 Å². The summed E-state index contributed by atoms with van der Waals surface area (Å²) in [7, 11) is -1.56. The van der Waals surface area contributed by atoms with Gasteiger partial charge in [-0.1, -0.05) is 50.6 Å². The molecule has 0 aromatic heterocycles. The Balaban J connectivity index is 1.55. The summed E-state index contributed by atoms with van der Waals surface area (Å²) in [6, 6.07) is 8.61. The van der Waals surface area contributed by atoms with Crippen molar-refractivity contribution in [3.8, 4) is 0 Å². The minimum absolute atomic E-state index is 0.0936. The van der Waals surface area contributed by atoms with Gasteiger partial charge in [-0.25, -0.2) is 4.79 Å². The van der Waals surface area contributed by atoms with Crippen LogP contribution in [0.2, 0.25) is 0 Å². The van der Waals surface area contributed by atoms with Crippen LogP contribution in [0.5, 0.6) is 0 Å². The first-order valence-corrected chi connectivity index (χ1v) is 13.3. The number of benzene rings is 1. The molecule has 0 spiro atoms. The summed E-state index contributed by atoms with van der Waals surface area (Å²) in [6.45, 7) is 7.43. The predicted octanol–water partition coefficient (Wildman–Crippen LogP) is 0.964. The van der Waals surface area contributed by atoms with Crippen LogP contribution < -0.4 is 5.32 Å². The Morgan fingerprint density at radius 1 is 0.971 bits per heavy atom. The first-order valence-electron chi connectivity index (χ1n) is 11.9. The normalized spacial score (nSPS) is 20.5. The van der Waals surface area contributed by atoms with Gasteiger partial charge in [0, 0.05) is 52.4 Å². The topological polar surface area (TPSA) is 102 Å². The molecule has 2 atom stereocenters. The molecule has 3 rings (SSSR count). The average Bonchev–Trinajstić information content (AvgIpc) is 2.86. The minimum atomic E-state index is -3.54. The van der Waals surface area contributed by atoms with Crippen LogP contribution in [0.3, 0.4) is 0 Å². The molecule has 0 aliphatic carbocycles. The molecule has 0 radical (unpaired) electrons. The maximum absolute atomic E-state index is 13.3. The maximum atomic E-state index is 13.3. The number of likely N-dealkylation sites (N-methyl/N-ethyl adjacent to an activating group) is 1. The van der Waals surface area contributed by atoms with E-state index < -0.39 is 22.3 Å². The van der Waals surface area contributed by atoms with Gasteiger partial charge in [0.15, 0.2) is 0 Å². The van der Waals surface area contributed by atoms with E-state index in [0.717, 1.165) is 5.56 Å². The SMILES string of the molecule is CC[C@H](C)[C@H](NC(=O)OCc1ccccc1)C(=O)N1CCN(S(=O)(=O)N2CCN(C)CC2)CC1. The molecular weight excluding hydrogens is 458 g/mol. The molecule has 2 heterocycles. The number of rotatable bonds is 8. The molecule has 2 saturated heterocycles. The number of nitrogens with one attached hydrogen (secondary N) is 1. The summed E-state index contributed by atoms with van der Waals surface area (Å²) >= 11 is 0. The third-order valence-electron chi connectivity index (χ3n) is 6.63. The molecule has 0 saturated carbocycles. The number of carbonyl (C=O) groups excluding carboxylic acids is 2. The van der Waals surface area contributed by atoms with Crippen molar-refractivity contribution in [1.82, 2.24) is 23.7 Å². The van der Waals surface area contributed by atoms with E-state index in [4.69, 9.17) is 4.74 Å². The summed E-state index contributed by atoms with van der Waals surface area (Å²) in [5.41, 5.74) is 0.863. The van der Waals surface area contributed by atoms with Crippen molar-refractivity contribution < 1.29 is 22.7 Å². The molecule has 0 unspecified atom stereocenters. The molecule has 1 aromatic carbocycles. The van der Waals surface area contributed by atoms with E-state index in [0.29, 0.717) is 45.7 Å². The highest BCUT2D eigenvalue weighted by Crippen LogP contribution is 2.17. The fraction of sp³-hybridized carbons (Fsp3) is 0.652. The van der Waals surface area contributed by atoms with Gasteiger partial charge in [-0.15, -0.1) is 0 Å². The molecule has 0 bridgehead atoms. The first kappa shape index (κ1) is 26.4. The second kappa shape index (κ2) is 12.0. The van der Waals surface area contributed by atoms with E-state index in [1.165, 1.54) is 8.61 Å². The Bertz CT molecular complexity index is 913. The molecule has 2 amide bonds. The van der Waals surface area contributed by atoms with Crippen LogP contribution >= 0.6 is 0 Å². The lowest BCUT2D eigenvalue weighted by Crippen LogP contribution is -2.60. The Morgan fingerprint density at radius 3 is 2.09 bits per heavy atom. The van der Waals surface area contributed by atoms with Gasteiger partial charge in [0.05, 0.1) is 0 Å². The number of piperazine rings is 2. The van der Waals surface area contributed by atoms with E-state index in [-0.39, 0.29) is 31.5 Å². The summed E-state index contributed by atoms with van der Waals surface area (Å²) in [5.74, 6) is -0.300. The second-order valence-corrected chi connectivity index (χ2v) is 10.9. The predicted molar refractivity (Wildman–Crippen MR) is 129 cm³/mol. The Morgan fingerprint density at radius 2 is 1.53 bits per heavy atom. The molecule has 11 heteroatoms. The van der Waals surface area contributed by atoms with Gasteiger partial charge in [0.25, 0.3) is 10.2 Å². The largest absolute Gasteiger partial charge is 0.445 e. The quantitative estimate of drug-likeness (QED) is 0.577. The first-order chi connectivity index (χ1) is 16.2. The van der Waals surface area contributed by atoms with Crippen LogP contribution in [0.1, 0.15) is 25.8 Å². The van der Waals surface area contributed by atoms with Crippen LogP contribution in [0.4, 0.5) is 4.79 Å². The van der Waals surface area contributed by atoms with Gasteiger partial charge < -0.3 is 19.9 Å². The van der Waals surface area contributed by atoms with E-state index >= 15 is 0 Å². The number of ether oxygens (including phenoxy) is 1. The summed E-state index contributed by atoms with van der Waals surface area (Å²) in [5, 5.41) is 2.74. The van der Waals surface area contributed by atoms with Gasteiger partial charge >= 0.3 is 6.09 Å². The van der Waals surface area contributed by atoms with Crippen LogP contribution in [-0.4, -0.2) is 104 Å². The van der Waals surface area contributed by atoms with Crippen molar-refractivity contribution in [2.24, 2.45) is 5.92 Å². The third kappa shape index (κ3) is 6.68. The molecule has 2 aliphatic heterocycles. The van der Waals surface area contributed by atoms with Crippen molar-refractivity contribution >= 4 is 22.2 Å². The zero-order valence-corrected chi connectivity index (χ0v) is 21.2. The van der Waals surface area contributed by atoms with E-state index in [1.807, 2.05) is 51.2 Å². The standard InChI is InChI=1S/C23H37N5O5S/c1-4-19(2)21(24-23(30)33-18-20-8-6-5-7-9-20)22(29)26-12-16-28(17-13-26)34(31,32)27-14-10-25(3)11-15-27/h5-9,19,21H,4,10-18H2,1-3H3,(H,24,30)/t19-,21-/m0/s1. The number of carbonyl (C=O) groups is 2. The molecular formula is C23H37N5O5S.